The van der Waals surface area contributed by atoms with E-state index in [0.717, 1.165) is 11.3 Å². The van der Waals surface area contributed by atoms with Crippen molar-refractivity contribution in [1.82, 2.24) is 12.3 Å². The predicted octanol–water partition coefficient (Wildman–Crippen LogP) is 3.69. The first-order chi connectivity index (χ1) is 15.7. The van der Waals surface area contributed by atoms with Gasteiger partial charge in [0.1, 0.15) is 23.1 Å². The summed E-state index contributed by atoms with van der Waals surface area (Å²) in [5.74, 6) is -2.66. The third-order valence-corrected chi connectivity index (χ3v) is 5.64. The van der Waals surface area contributed by atoms with Crippen molar-refractivity contribution in [1.29, 1.82) is 10.5 Å². The molecule has 35 heavy (non-hydrogen) atoms. The molecule has 0 aliphatic rings. The van der Waals surface area contributed by atoms with Crippen molar-refractivity contribution in [3.63, 3.8) is 0 Å². The zero-order chi connectivity index (χ0) is 24.5. The fraction of sp³-hybridized carbons (Fsp3) is 0.286. The number of carboxylic acids is 2. The second kappa shape index (κ2) is 14.1. The van der Waals surface area contributed by atoms with Gasteiger partial charge >= 0.3 is 11.9 Å². The molecule has 1 aromatic heterocycles. The summed E-state index contributed by atoms with van der Waals surface area (Å²) in [6.45, 7) is 1.64. The van der Waals surface area contributed by atoms with Crippen molar-refractivity contribution in [2.24, 2.45) is 16.0 Å². The summed E-state index contributed by atoms with van der Waals surface area (Å²) in [6, 6.07) is 7.49. The van der Waals surface area contributed by atoms with E-state index < -0.39 is 23.9 Å². The van der Waals surface area contributed by atoms with Gasteiger partial charge in [-0.3, -0.25) is 14.4 Å². The molecule has 1 aromatic carbocycles. The molecule has 0 fully saturated rings. The first kappa shape index (κ1) is 30.8. The van der Waals surface area contributed by atoms with Crippen LogP contribution in [0.4, 0.5) is 16.4 Å². The van der Waals surface area contributed by atoms with Crippen molar-refractivity contribution >= 4 is 45.6 Å². The van der Waals surface area contributed by atoms with E-state index in [1.807, 2.05) is 12.1 Å². The number of amides is 1. The van der Waals surface area contributed by atoms with E-state index in [1.165, 1.54) is 6.07 Å². The van der Waals surface area contributed by atoms with Gasteiger partial charge in [0.15, 0.2) is 5.00 Å². The van der Waals surface area contributed by atoms with Gasteiger partial charge in [0, 0.05) is 18.5 Å². The molecular formula is C21H26N8O5S. The quantitative estimate of drug-likeness (QED) is 0.256. The van der Waals surface area contributed by atoms with E-state index in [0.29, 0.717) is 27.4 Å². The molecule has 11 N–H and O–H groups in total. The lowest BCUT2D eigenvalue weighted by molar-refractivity contribution is -0.139. The summed E-state index contributed by atoms with van der Waals surface area (Å²) in [7, 11) is 0. The molecule has 2 rings (SSSR count). The number of thiophene rings is 1. The summed E-state index contributed by atoms with van der Waals surface area (Å²) >= 11 is 1.03. The Morgan fingerprint density at radius 1 is 1.14 bits per heavy atom. The Kier molecular flexibility index (Phi) is 12.4. The number of carbonyl (C=O) groups is 3. The molecule has 1 atom stereocenters. The van der Waals surface area contributed by atoms with Gasteiger partial charge < -0.3 is 33.6 Å². The van der Waals surface area contributed by atoms with Crippen LogP contribution >= 0.6 is 11.3 Å². The largest absolute Gasteiger partial charge is 0.481 e. The van der Waals surface area contributed by atoms with E-state index in [-0.39, 0.29) is 48.5 Å². The van der Waals surface area contributed by atoms with Crippen molar-refractivity contribution in [3.8, 4) is 12.1 Å². The van der Waals surface area contributed by atoms with Crippen LogP contribution in [-0.2, 0) is 20.8 Å². The standard InChI is InChI=1S/C21H20N6O5S.2H3N/c1-11-14(9-22)20(33-17(11)10-23)27-26-16-5-3-13(8-12(16)2-7-19(29)30)25-18(28)6-4-15(24)21(31)32;;/h3,5,8,15H,2,4,6-7,24H2,1H3,(H,25,28)(H,29,30)(H,31,32);2*1H3/b27-26+;;. The lowest BCUT2D eigenvalue weighted by Gasteiger charge is -2.10. The third kappa shape index (κ3) is 8.58. The Hall–Kier alpha value is -4.21. The van der Waals surface area contributed by atoms with E-state index >= 15 is 0 Å². The highest BCUT2D eigenvalue weighted by Crippen LogP contribution is 2.36. The third-order valence-electron chi connectivity index (χ3n) is 4.56. The number of nitriles is 2. The average molecular weight is 503 g/mol. The van der Waals surface area contributed by atoms with Gasteiger partial charge in [0.2, 0.25) is 5.91 Å². The molecule has 186 valence electrons. The Morgan fingerprint density at radius 2 is 1.83 bits per heavy atom. The number of hydrogen-bond acceptors (Lipinski definition) is 11. The highest BCUT2D eigenvalue weighted by molar-refractivity contribution is 7.16. The topological polar surface area (TPSA) is 272 Å². The molecule has 1 amide bonds. The van der Waals surface area contributed by atoms with E-state index in [2.05, 4.69) is 15.5 Å². The lowest BCUT2D eigenvalue weighted by Crippen LogP contribution is -2.31. The Morgan fingerprint density at radius 3 is 2.40 bits per heavy atom. The van der Waals surface area contributed by atoms with Crippen molar-refractivity contribution < 1.29 is 24.6 Å². The van der Waals surface area contributed by atoms with Crippen molar-refractivity contribution in [3.05, 3.63) is 39.8 Å². The monoisotopic (exact) mass is 502 g/mol. The van der Waals surface area contributed by atoms with E-state index in [4.69, 9.17) is 21.2 Å². The number of nitrogens with zero attached hydrogens (tertiary/aromatic N) is 4. The van der Waals surface area contributed by atoms with Crippen LogP contribution in [0.3, 0.4) is 0 Å². The van der Waals surface area contributed by atoms with Crippen LogP contribution in [0, 0.1) is 29.6 Å². The molecule has 0 aliphatic carbocycles. The molecule has 1 unspecified atom stereocenters. The molecular weight excluding hydrogens is 476 g/mol. The SMILES string of the molecule is Cc1c(C#N)sc(/N=N/c2ccc(NC(=O)CCC(N)C(=O)O)cc2CCC(=O)O)c1C#N.N.N. The zero-order valence-corrected chi connectivity index (χ0v) is 19.8. The van der Waals surface area contributed by atoms with Crippen molar-refractivity contribution in [2.75, 3.05) is 5.32 Å². The number of aryl methyl sites for hydroxylation is 1. The van der Waals surface area contributed by atoms with E-state index in [1.54, 1.807) is 19.1 Å². The minimum absolute atomic E-state index is 0. The molecule has 0 aliphatic heterocycles. The maximum Gasteiger partial charge on any atom is 0.320 e. The number of azo groups is 1. The average Bonchev–Trinajstić information content (AvgIpc) is 3.09. The van der Waals surface area contributed by atoms with Crippen LogP contribution in [0.15, 0.2) is 28.4 Å². The molecule has 0 saturated carbocycles. The van der Waals surface area contributed by atoms with Gasteiger partial charge in [-0.25, -0.2) is 0 Å². The Bertz CT molecular complexity index is 1200. The molecule has 0 radical (unpaired) electrons. The van der Waals surface area contributed by atoms with E-state index in [9.17, 15) is 19.6 Å². The molecule has 1 heterocycles. The summed E-state index contributed by atoms with van der Waals surface area (Å²) < 4.78 is 0. The molecule has 14 heteroatoms. The predicted molar refractivity (Wildman–Crippen MR) is 129 cm³/mol. The number of hydrogen-bond donors (Lipinski definition) is 6. The number of benzene rings is 1. The maximum absolute atomic E-state index is 12.1. The first-order valence-corrected chi connectivity index (χ1v) is 10.5. The zero-order valence-electron chi connectivity index (χ0n) is 18.9. The summed E-state index contributed by atoms with van der Waals surface area (Å²) in [5.41, 5.74) is 7.37. The fourth-order valence-electron chi connectivity index (χ4n) is 2.74. The smallest absolute Gasteiger partial charge is 0.320 e. The second-order valence-electron chi connectivity index (χ2n) is 6.93. The number of nitrogens with one attached hydrogen (secondary N) is 1. The Labute approximate surface area is 205 Å². The Balaban J connectivity index is 0.00000578. The van der Waals surface area contributed by atoms with Gasteiger partial charge in [-0.15, -0.1) is 21.6 Å². The van der Waals surface area contributed by atoms with Gasteiger partial charge in [-0.1, -0.05) is 0 Å². The molecule has 2 aromatic rings. The van der Waals surface area contributed by atoms with Gasteiger partial charge in [0.05, 0.1) is 11.3 Å². The molecule has 13 nitrogen and oxygen atoms in total. The molecule has 0 saturated heterocycles. The number of carboxylic acid groups (broad SMARTS) is 2. The van der Waals surface area contributed by atoms with Crippen LogP contribution in [0.25, 0.3) is 0 Å². The van der Waals surface area contributed by atoms with Gasteiger partial charge in [0.25, 0.3) is 0 Å². The number of aliphatic carboxylic acids is 2. The molecule has 0 spiro atoms. The van der Waals surface area contributed by atoms with Gasteiger partial charge in [-0.05, 0) is 49.1 Å². The van der Waals surface area contributed by atoms with Gasteiger partial charge in [-0.2, -0.15) is 10.5 Å². The van der Waals surface area contributed by atoms with Crippen LogP contribution in [0.5, 0.6) is 0 Å². The van der Waals surface area contributed by atoms with Crippen molar-refractivity contribution in [2.45, 2.75) is 38.6 Å². The number of rotatable bonds is 10. The second-order valence-corrected chi connectivity index (χ2v) is 7.93. The number of carbonyl (C=O) groups excluding carboxylic acids is 1. The highest BCUT2D eigenvalue weighted by atomic mass is 32.1. The number of nitrogens with two attached hydrogens (primary N) is 1. The lowest BCUT2D eigenvalue weighted by atomic mass is 10.1. The number of anilines is 1. The van der Waals surface area contributed by atoms with Crippen LogP contribution in [0.2, 0.25) is 0 Å². The van der Waals surface area contributed by atoms with Crippen LogP contribution in [0.1, 0.15) is 40.8 Å². The first-order valence-electron chi connectivity index (χ1n) is 9.64. The molecule has 0 bridgehead atoms. The normalized spacial score (nSPS) is 10.9. The maximum atomic E-state index is 12.1. The minimum Gasteiger partial charge on any atom is -0.481 e. The summed E-state index contributed by atoms with van der Waals surface area (Å²) in [5, 5.41) is 47.4. The van der Waals surface area contributed by atoms with Crippen LogP contribution in [-0.4, -0.2) is 34.1 Å². The summed E-state index contributed by atoms with van der Waals surface area (Å²) in [6.07, 6.45) is -0.219. The van der Waals surface area contributed by atoms with Crippen LogP contribution < -0.4 is 23.4 Å². The summed E-state index contributed by atoms with van der Waals surface area (Å²) in [4.78, 5) is 34.3. The highest BCUT2D eigenvalue weighted by Gasteiger charge is 2.16. The fourth-order valence-corrected chi connectivity index (χ4v) is 3.62. The minimum atomic E-state index is -1.20.